The van der Waals surface area contributed by atoms with E-state index in [9.17, 15) is 4.79 Å². The second-order valence-electron chi connectivity index (χ2n) is 10.1. The number of hydrogen-bond acceptors (Lipinski definition) is 6. The van der Waals surface area contributed by atoms with Gasteiger partial charge in [0.05, 0.1) is 6.20 Å². The van der Waals surface area contributed by atoms with Gasteiger partial charge in [0.25, 0.3) is 0 Å². The largest absolute Gasteiger partial charge is 0.339 e. The summed E-state index contributed by atoms with van der Waals surface area (Å²) >= 11 is 6.39. The third kappa shape index (κ3) is 5.50. The summed E-state index contributed by atoms with van der Waals surface area (Å²) in [5, 5.41) is 10.2. The van der Waals surface area contributed by atoms with Crippen LogP contribution in [-0.2, 0) is 6.42 Å². The first-order valence-corrected chi connectivity index (χ1v) is 13.5. The van der Waals surface area contributed by atoms with E-state index in [1.165, 1.54) is 5.56 Å². The van der Waals surface area contributed by atoms with Gasteiger partial charge in [0.2, 0.25) is 5.95 Å². The van der Waals surface area contributed by atoms with Crippen LogP contribution in [-0.4, -0.2) is 40.2 Å². The molecule has 194 valence electrons. The molecule has 0 aliphatic carbocycles. The summed E-state index contributed by atoms with van der Waals surface area (Å²) in [6, 6.07) is 16.5. The highest BCUT2D eigenvalue weighted by Crippen LogP contribution is 2.32. The first-order valence-electron chi connectivity index (χ1n) is 13.1. The van der Waals surface area contributed by atoms with E-state index in [2.05, 4.69) is 61.2 Å². The summed E-state index contributed by atoms with van der Waals surface area (Å²) < 4.78 is 0. The Balaban J connectivity index is 1.20. The van der Waals surface area contributed by atoms with E-state index >= 15 is 0 Å². The fourth-order valence-corrected chi connectivity index (χ4v) is 5.51. The molecule has 3 aromatic rings. The summed E-state index contributed by atoms with van der Waals surface area (Å²) in [5.41, 5.74) is 5.06. The van der Waals surface area contributed by atoms with E-state index in [1.807, 2.05) is 35.5 Å². The number of halogens is 1. The zero-order chi connectivity index (χ0) is 25.9. The smallest absolute Gasteiger partial charge is 0.321 e. The van der Waals surface area contributed by atoms with Gasteiger partial charge in [-0.2, -0.15) is 4.98 Å². The molecule has 1 fully saturated rings. The third-order valence-electron chi connectivity index (χ3n) is 7.47. The Kier molecular flexibility index (Phi) is 6.96. The summed E-state index contributed by atoms with van der Waals surface area (Å²) in [7, 11) is 0. The normalized spacial score (nSPS) is 19.1. The average molecular weight is 528 g/mol. The number of rotatable bonds is 2. The molecule has 0 saturated carbocycles. The van der Waals surface area contributed by atoms with Crippen LogP contribution >= 0.6 is 11.6 Å². The molecule has 9 heteroatoms. The number of likely N-dealkylation sites (tertiary alicyclic amines) is 1. The van der Waals surface area contributed by atoms with Crippen LogP contribution in [0, 0.1) is 5.92 Å². The van der Waals surface area contributed by atoms with Crippen LogP contribution in [0.3, 0.4) is 0 Å². The Morgan fingerprint density at radius 1 is 1.05 bits per heavy atom. The quantitative estimate of drug-likeness (QED) is 0.350. The number of aromatic nitrogens is 2. The maximum Gasteiger partial charge on any atom is 0.321 e. The molecule has 0 radical (unpaired) electrons. The van der Waals surface area contributed by atoms with E-state index in [4.69, 9.17) is 11.6 Å². The Labute approximate surface area is 227 Å². The van der Waals surface area contributed by atoms with Gasteiger partial charge in [0, 0.05) is 48.5 Å². The van der Waals surface area contributed by atoms with Crippen molar-refractivity contribution in [1.29, 1.82) is 0 Å². The number of anilines is 4. The number of fused-ring (bicyclic) bond motifs is 6. The van der Waals surface area contributed by atoms with Gasteiger partial charge in [-0.05, 0) is 67.3 Å². The van der Waals surface area contributed by atoms with Crippen LogP contribution in [0.2, 0.25) is 5.02 Å². The molecular weight excluding hydrogens is 498 g/mol. The number of hydrogen-bond donors (Lipinski definition) is 3. The van der Waals surface area contributed by atoms with E-state index < -0.39 is 0 Å². The van der Waals surface area contributed by atoms with Gasteiger partial charge in [-0.1, -0.05) is 41.9 Å². The minimum atomic E-state index is -0.0477. The number of nitrogens with zero attached hydrogens (tertiary/aromatic N) is 4. The van der Waals surface area contributed by atoms with E-state index in [0.717, 1.165) is 67.8 Å². The van der Waals surface area contributed by atoms with Crippen molar-refractivity contribution in [1.82, 2.24) is 14.9 Å². The minimum Gasteiger partial charge on any atom is -0.339 e. The van der Waals surface area contributed by atoms with Crippen LogP contribution < -0.4 is 16.0 Å². The molecule has 3 aliphatic heterocycles. The molecule has 4 heterocycles. The fraction of sp³-hybridized carbons (Fsp3) is 0.310. The first-order chi connectivity index (χ1) is 18.6. The molecule has 0 spiro atoms. The molecule has 8 nitrogen and oxygen atoms in total. The molecule has 2 aromatic carbocycles. The molecule has 1 unspecified atom stereocenters. The molecule has 6 rings (SSSR count). The Hall–Kier alpha value is -3.91. The number of aliphatic imine (C=N–C) groups is 1. The summed E-state index contributed by atoms with van der Waals surface area (Å²) in [6.07, 6.45) is 9.84. The first kappa shape index (κ1) is 24.4. The van der Waals surface area contributed by atoms with Crippen molar-refractivity contribution in [3.05, 3.63) is 82.8 Å². The Morgan fingerprint density at radius 3 is 2.74 bits per heavy atom. The number of carbonyl (C=O) groups is 1. The lowest BCUT2D eigenvalue weighted by atomic mass is 9.89. The molecule has 1 atom stereocenters. The number of benzene rings is 2. The average Bonchev–Trinajstić information content (AvgIpc) is 2.95. The van der Waals surface area contributed by atoms with Gasteiger partial charge in [-0.25, -0.2) is 9.78 Å². The summed E-state index contributed by atoms with van der Waals surface area (Å²) in [6.45, 7) is 1.49. The van der Waals surface area contributed by atoms with Gasteiger partial charge >= 0.3 is 6.03 Å². The summed E-state index contributed by atoms with van der Waals surface area (Å²) in [5.74, 6) is 1.76. The van der Waals surface area contributed by atoms with Crippen LogP contribution in [0.15, 0.2) is 71.6 Å². The van der Waals surface area contributed by atoms with Crippen LogP contribution in [0.5, 0.6) is 0 Å². The molecule has 6 bridgehead atoms. The van der Waals surface area contributed by atoms with E-state index in [1.54, 1.807) is 6.20 Å². The molecule has 1 saturated heterocycles. The highest BCUT2D eigenvalue weighted by atomic mass is 35.5. The number of allylic oxidation sites excluding steroid dienone is 1. The van der Waals surface area contributed by atoms with Crippen molar-refractivity contribution in [2.24, 2.45) is 10.9 Å². The van der Waals surface area contributed by atoms with Gasteiger partial charge in [0.15, 0.2) is 5.82 Å². The van der Waals surface area contributed by atoms with Crippen molar-refractivity contribution in [3.8, 4) is 0 Å². The van der Waals surface area contributed by atoms with Crippen molar-refractivity contribution in [2.45, 2.75) is 38.0 Å². The van der Waals surface area contributed by atoms with Crippen LogP contribution in [0.1, 0.15) is 42.7 Å². The molecule has 3 N–H and O–H groups in total. The zero-order valence-corrected chi connectivity index (χ0v) is 21.8. The fourth-order valence-electron chi connectivity index (χ4n) is 5.37. The number of urea groups is 1. The Bertz CT molecular complexity index is 1380. The van der Waals surface area contributed by atoms with Gasteiger partial charge in [-0.3, -0.25) is 4.99 Å². The van der Waals surface area contributed by atoms with Crippen molar-refractivity contribution in [2.75, 3.05) is 29.0 Å². The number of nitrogens with one attached hydrogen (secondary N) is 3. The Morgan fingerprint density at radius 2 is 1.89 bits per heavy atom. The molecule has 1 aromatic heterocycles. The number of carbonyl (C=O) groups excluding carboxylic acids is 1. The number of amides is 2. The lowest BCUT2D eigenvalue weighted by Crippen LogP contribution is -2.40. The number of piperidine rings is 1. The van der Waals surface area contributed by atoms with Crippen molar-refractivity contribution in [3.63, 3.8) is 0 Å². The van der Waals surface area contributed by atoms with E-state index in [0.29, 0.717) is 22.7 Å². The van der Waals surface area contributed by atoms with Gasteiger partial charge < -0.3 is 20.9 Å². The maximum atomic E-state index is 13.3. The molecule has 3 aliphatic rings. The van der Waals surface area contributed by atoms with Crippen molar-refractivity contribution >= 4 is 47.0 Å². The van der Waals surface area contributed by atoms with Gasteiger partial charge in [-0.15, -0.1) is 0 Å². The predicted octanol–water partition coefficient (Wildman–Crippen LogP) is 6.58. The third-order valence-corrected chi connectivity index (χ3v) is 7.75. The lowest BCUT2D eigenvalue weighted by molar-refractivity contribution is 0.194. The second kappa shape index (κ2) is 10.8. The molecule has 38 heavy (non-hydrogen) atoms. The SMILES string of the molecule is O=C(Nc1ccc2cc1CCC1C=NC=C(C1)Nc1ncc(Cl)c(n1)N2)N1CCC(c2ccccc2)CC1. The lowest BCUT2D eigenvalue weighted by Gasteiger charge is -2.32. The minimum absolute atomic E-state index is 0.0477. The zero-order valence-electron chi connectivity index (χ0n) is 21.0. The standard InChI is InChI=1S/C29H30ClN7O/c30-25-18-32-28-34-24-14-19(16-31-17-24)6-7-22-15-23(33-27(25)36-28)8-9-26(22)35-29(38)37-12-10-21(11-13-37)20-4-2-1-3-5-20/h1-5,8-9,15-19,21H,6-7,10-14H2,(H,35,38)(H2,32,33,34,36). The monoisotopic (exact) mass is 527 g/mol. The van der Waals surface area contributed by atoms with Crippen LogP contribution in [0.25, 0.3) is 0 Å². The second-order valence-corrected chi connectivity index (χ2v) is 10.5. The van der Waals surface area contributed by atoms with E-state index in [-0.39, 0.29) is 11.9 Å². The number of aryl methyl sites for hydroxylation is 1. The molecule has 2 amide bonds. The van der Waals surface area contributed by atoms with Gasteiger partial charge in [0.1, 0.15) is 5.02 Å². The summed E-state index contributed by atoms with van der Waals surface area (Å²) in [4.78, 5) is 28.5. The predicted molar refractivity (Wildman–Crippen MR) is 152 cm³/mol. The highest BCUT2D eigenvalue weighted by Gasteiger charge is 2.25. The highest BCUT2D eigenvalue weighted by molar-refractivity contribution is 6.32. The van der Waals surface area contributed by atoms with Crippen molar-refractivity contribution < 1.29 is 4.79 Å². The topological polar surface area (TPSA) is 94.5 Å². The maximum absolute atomic E-state index is 13.3. The molecular formula is C29H30ClN7O. The van der Waals surface area contributed by atoms with Crippen LogP contribution in [0.4, 0.5) is 27.9 Å².